The first-order valence-electron chi connectivity index (χ1n) is 6.79. The molecule has 0 saturated heterocycles. The Bertz CT molecular complexity index is 882. The number of carbonyl (C=O) groups is 1. The largest absolute Gasteiger partial charge is 0.326 e. The summed E-state index contributed by atoms with van der Waals surface area (Å²) in [5.41, 5.74) is 1.89. The number of aromatic nitrogens is 2. The molecular formula is C16H15N3O2S. The molecule has 0 aliphatic rings. The Labute approximate surface area is 131 Å². The Morgan fingerprint density at radius 2 is 2.05 bits per heavy atom. The molecule has 0 bridgehead atoms. The number of anilines is 1. The molecule has 0 spiro atoms. The molecule has 2 N–H and O–H groups in total. The van der Waals surface area contributed by atoms with E-state index in [0.717, 1.165) is 21.6 Å². The standard InChI is InChI=1S/C16H15N3O2S/c1-22-12-6-4-5-11(9-12)17-15(20)10-19-14-8-3-2-7-13(14)18-16(19)21/h2-9H,10H2,1H3,(H,17,20)(H,18,21). The first-order valence-corrected chi connectivity index (χ1v) is 8.01. The molecule has 5 nitrogen and oxygen atoms in total. The Kier molecular flexibility index (Phi) is 4.02. The van der Waals surface area contributed by atoms with Gasteiger partial charge in [0, 0.05) is 10.6 Å². The van der Waals surface area contributed by atoms with E-state index in [1.165, 1.54) is 4.57 Å². The number of benzene rings is 2. The number of H-pyrrole nitrogens is 1. The van der Waals surface area contributed by atoms with Gasteiger partial charge in [-0.25, -0.2) is 4.79 Å². The first kappa shape index (κ1) is 14.5. The van der Waals surface area contributed by atoms with E-state index < -0.39 is 0 Å². The fraction of sp³-hybridized carbons (Fsp3) is 0.125. The number of fused-ring (bicyclic) bond motifs is 1. The maximum Gasteiger partial charge on any atom is 0.326 e. The summed E-state index contributed by atoms with van der Waals surface area (Å²) in [6, 6.07) is 14.9. The highest BCUT2D eigenvalue weighted by Crippen LogP contribution is 2.19. The second kappa shape index (κ2) is 6.11. The molecule has 0 aliphatic carbocycles. The number of carbonyl (C=O) groups excluding carboxylic acids is 1. The van der Waals surface area contributed by atoms with Gasteiger partial charge in [-0.1, -0.05) is 18.2 Å². The highest BCUT2D eigenvalue weighted by Gasteiger charge is 2.10. The van der Waals surface area contributed by atoms with Crippen molar-refractivity contribution in [3.63, 3.8) is 0 Å². The third-order valence-corrected chi connectivity index (χ3v) is 4.06. The van der Waals surface area contributed by atoms with Gasteiger partial charge in [0.25, 0.3) is 0 Å². The lowest BCUT2D eigenvalue weighted by Crippen LogP contribution is -2.25. The summed E-state index contributed by atoms with van der Waals surface area (Å²) < 4.78 is 1.43. The van der Waals surface area contributed by atoms with Gasteiger partial charge in [-0.15, -0.1) is 11.8 Å². The molecule has 1 aromatic heterocycles. The van der Waals surface area contributed by atoms with E-state index in [1.54, 1.807) is 11.8 Å². The summed E-state index contributed by atoms with van der Waals surface area (Å²) in [7, 11) is 0. The molecule has 22 heavy (non-hydrogen) atoms. The van der Waals surface area contributed by atoms with E-state index in [1.807, 2.05) is 54.8 Å². The summed E-state index contributed by atoms with van der Waals surface area (Å²) in [5, 5.41) is 2.82. The number of amides is 1. The molecule has 0 unspecified atom stereocenters. The lowest BCUT2D eigenvalue weighted by molar-refractivity contribution is -0.116. The number of hydrogen-bond donors (Lipinski definition) is 2. The zero-order valence-electron chi connectivity index (χ0n) is 12.0. The number of rotatable bonds is 4. The number of para-hydroxylation sites is 2. The normalized spacial score (nSPS) is 10.8. The number of nitrogens with zero attached hydrogens (tertiary/aromatic N) is 1. The SMILES string of the molecule is CSc1cccc(NC(=O)Cn2c(=O)[nH]c3ccccc32)c1. The van der Waals surface area contributed by atoms with Gasteiger partial charge in [-0.2, -0.15) is 0 Å². The second-order valence-corrected chi connectivity index (χ2v) is 5.69. The van der Waals surface area contributed by atoms with Crippen LogP contribution in [0.25, 0.3) is 11.0 Å². The molecule has 3 rings (SSSR count). The molecule has 0 aliphatic heterocycles. The van der Waals surface area contributed by atoms with Crippen LogP contribution in [0.3, 0.4) is 0 Å². The van der Waals surface area contributed by atoms with E-state index in [4.69, 9.17) is 0 Å². The van der Waals surface area contributed by atoms with E-state index >= 15 is 0 Å². The lowest BCUT2D eigenvalue weighted by Gasteiger charge is -2.07. The van der Waals surface area contributed by atoms with Crippen LogP contribution in [-0.4, -0.2) is 21.7 Å². The number of imidazole rings is 1. The van der Waals surface area contributed by atoms with E-state index in [-0.39, 0.29) is 18.1 Å². The Morgan fingerprint density at radius 1 is 1.23 bits per heavy atom. The first-order chi connectivity index (χ1) is 10.7. The van der Waals surface area contributed by atoms with E-state index in [2.05, 4.69) is 10.3 Å². The maximum atomic E-state index is 12.2. The molecule has 6 heteroatoms. The highest BCUT2D eigenvalue weighted by atomic mass is 32.2. The van der Waals surface area contributed by atoms with Gasteiger partial charge in [0.2, 0.25) is 5.91 Å². The third-order valence-electron chi connectivity index (χ3n) is 3.34. The summed E-state index contributed by atoms with van der Waals surface area (Å²) >= 11 is 1.61. The van der Waals surface area contributed by atoms with Gasteiger partial charge < -0.3 is 10.3 Å². The Balaban J connectivity index is 1.81. The lowest BCUT2D eigenvalue weighted by atomic mass is 10.3. The number of nitrogens with one attached hydrogen (secondary N) is 2. The van der Waals surface area contributed by atoms with Crippen molar-refractivity contribution in [2.75, 3.05) is 11.6 Å². The van der Waals surface area contributed by atoms with Crippen molar-refractivity contribution in [3.05, 3.63) is 59.0 Å². The van der Waals surface area contributed by atoms with Crippen molar-refractivity contribution in [3.8, 4) is 0 Å². The monoisotopic (exact) mass is 313 g/mol. The Morgan fingerprint density at radius 3 is 2.86 bits per heavy atom. The minimum atomic E-state index is -0.283. The topological polar surface area (TPSA) is 66.9 Å². The second-order valence-electron chi connectivity index (χ2n) is 4.81. The van der Waals surface area contributed by atoms with Crippen LogP contribution < -0.4 is 11.0 Å². The molecule has 1 heterocycles. The van der Waals surface area contributed by atoms with Crippen molar-refractivity contribution in [1.29, 1.82) is 0 Å². The van der Waals surface area contributed by atoms with Crippen LogP contribution >= 0.6 is 11.8 Å². The van der Waals surface area contributed by atoms with Gasteiger partial charge in [0.1, 0.15) is 6.54 Å². The van der Waals surface area contributed by atoms with Crippen LogP contribution in [0.2, 0.25) is 0 Å². The molecular weight excluding hydrogens is 298 g/mol. The summed E-state index contributed by atoms with van der Waals surface area (Å²) in [4.78, 5) is 27.9. The maximum absolute atomic E-state index is 12.2. The van der Waals surface area contributed by atoms with Crippen LogP contribution in [-0.2, 0) is 11.3 Å². The van der Waals surface area contributed by atoms with Crippen molar-refractivity contribution in [2.45, 2.75) is 11.4 Å². The summed E-state index contributed by atoms with van der Waals surface area (Å²) in [6.07, 6.45) is 1.98. The number of hydrogen-bond acceptors (Lipinski definition) is 3. The predicted molar refractivity (Wildman–Crippen MR) is 89.4 cm³/mol. The quantitative estimate of drug-likeness (QED) is 0.728. The number of thioether (sulfide) groups is 1. The highest BCUT2D eigenvalue weighted by molar-refractivity contribution is 7.98. The summed E-state index contributed by atoms with van der Waals surface area (Å²) in [5.74, 6) is -0.231. The van der Waals surface area contributed by atoms with Crippen molar-refractivity contribution in [2.24, 2.45) is 0 Å². The van der Waals surface area contributed by atoms with Gasteiger partial charge in [0.05, 0.1) is 11.0 Å². The third kappa shape index (κ3) is 2.92. The van der Waals surface area contributed by atoms with Gasteiger partial charge >= 0.3 is 5.69 Å². The average Bonchev–Trinajstić information content (AvgIpc) is 2.83. The van der Waals surface area contributed by atoms with Crippen LogP contribution in [0.5, 0.6) is 0 Å². The molecule has 0 radical (unpaired) electrons. The van der Waals surface area contributed by atoms with Crippen molar-refractivity contribution < 1.29 is 4.79 Å². The van der Waals surface area contributed by atoms with Crippen LogP contribution in [0, 0.1) is 0 Å². The fourth-order valence-corrected chi connectivity index (χ4v) is 2.77. The van der Waals surface area contributed by atoms with Crippen molar-refractivity contribution >= 4 is 34.4 Å². The van der Waals surface area contributed by atoms with Crippen LogP contribution in [0.15, 0.2) is 58.2 Å². The van der Waals surface area contributed by atoms with E-state index in [0.29, 0.717) is 0 Å². The predicted octanol–water partition coefficient (Wildman–Crippen LogP) is 2.69. The van der Waals surface area contributed by atoms with Gasteiger partial charge in [-0.05, 0) is 36.6 Å². The van der Waals surface area contributed by atoms with Gasteiger partial charge in [0.15, 0.2) is 0 Å². The number of aromatic amines is 1. The zero-order valence-corrected chi connectivity index (χ0v) is 12.8. The molecule has 1 amide bonds. The van der Waals surface area contributed by atoms with Crippen LogP contribution in [0.1, 0.15) is 0 Å². The Hall–Kier alpha value is -2.47. The van der Waals surface area contributed by atoms with Gasteiger partial charge in [-0.3, -0.25) is 9.36 Å². The minimum absolute atomic E-state index is 0.0215. The zero-order chi connectivity index (χ0) is 15.5. The molecule has 2 aromatic carbocycles. The molecule has 3 aromatic rings. The fourth-order valence-electron chi connectivity index (χ4n) is 2.31. The minimum Gasteiger partial charge on any atom is -0.324 e. The summed E-state index contributed by atoms with van der Waals surface area (Å²) in [6.45, 7) is -0.0215. The average molecular weight is 313 g/mol. The molecule has 0 saturated carbocycles. The van der Waals surface area contributed by atoms with Crippen molar-refractivity contribution in [1.82, 2.24) is 9.55 Å². The molecule has 0 fully saturated rings. The smallest absolute Gasteiger partial charge is 0.324 e. The molecule has 112 valence electrons. The van der Waals surface area contributed by atoms with E-state index in [9.17, 15) is 9.59 Å². The molecule has 0 atom stereocenters. The van der Waals surface area contributed by atoms with Crippen LogP contribution in [0.4, 0.5) is 5.69 Å².